The van der Waals surface area contributed by atoms with Gasteiger partial charge in [-0.05, 0) is 41.4 Å². The molecule has 1 saturated carbocycles. The fourth-order valence-corrected chi connectivity index (χ4v) is 2.43. The fraction of sp³-hybridized carbons (Fsp3) is 0.556. The zero-order valence-corrected chi connectivity index (χ0v) is 10.6. The summed E-state index contributed by atoms with van der Waals surface area (Å²) in [6.07, 6.45) is -2.79. The van der Waals surface area contributed by atoms with E-state index in [0.29, 0.717) is 0 Å². The van der Waals surface area contributed by atoms with Crippen LogP contribution in [0.2, 0.25) is 0 Å². The Morgan fingerprint density at radius 2 is 2.12 bits per heavy atom. The molecule has 1 N–H and O–H groups in total. The van der Waals surface area contributed by atoms with Crippen LogP contribution in [0.3, 0.4) is 0 Å². The van der Waals surface area contributed by atoms with Gasteiger partial charge in [0, 0.05) is 6.54 Å². The SMILES string of the molecule is O=C(O)c1c(I)c(C(F)(F)F)nn1CC1CC1. The molecule has 0 spiro atoms. The number of halogens is 4. The third kappa shape index (κ3) is 2.55. The number of nitrogens with zero attached hydrogens (tertiary/aromatic N) is 2. The highest BCUT2D eigenvalue weighted by Crippen LogP contribution is 2.36. The van der Waals surface area contributed by atoms with Gasteiger partial charge in [-0.15, -0.1) is 0 Å². The van der Waals surface area contributed by atoms with Gasteiger partial charge in [-0.3, -0.25) is 4.68 Å². The Morgan fingerprint density at radius 1 is 1.53 bits per heavy atom. The Balaban J connectivity index is 2.45. The second-order valence-electron chi connectivity index (χ2n) is 3.94. The van der Waals surface area contributed by atoms with Crippen molar-refractivity contribution in [3.05, 3.63) is 15.0 Å². The lowest BCUT2D eigenvalue weighted by Gasteiger charge is -2.02. The quantitative estimate of drug-likeness (QED) is 0.844. The molecule has 94 valence electrons. The number of aromatic nitrogens is 2. The third-order valence-electron chi connectivity index (χ3n) is 2.49. The van der Waals surface area contributed by atoms with Gasteiger partial charge in [-0.1, -0.05) is 0 Å². The molecular formula is C9H8F3IN2O2. The molecule has 2 rings (SSSR count). The largest absolute Gasteiger partial charge is 0.476 e. The molecule has 0 aliphatic heterocycles. The van der Waals surface area contributed by atoms with Gasteiger partial charge in [0.05, 0.1) is 3.57 Å². The van der Waals surface area contributed by atoms with Crippen LogP contribution in [-0.2, 0) is 12.7 Å². The topological polar surface area (TPSA) is 55.1 Å². The fourth-order valence-electron chi connectivity index (χ4n) is 1.50. The average molecular weight is 360 g/mol. The number of hydrogen-bond donors (Lipinski definition) is 1. The molecule has 0 amide bonds. The van der Waals surface area contributed by atoms with Crippen molar-refractivity contribution in [1.82, 2.24) is 9.78 Å². The first-order chi connectivity index (χ1) is 7.80. The molecule has 1 aliphatic rings. The molecule has 0 saturated heterocycles. The first kappa shape index (κ1) is 12.7. The lowest BCUT2D eigenvalue weighted by molar-refractivity contribution is -0.142. The molecular weight excluding hydrogens is 352 g/mol. The Hall–Kier alpha value is -0.800. The number of carboxylic acids is 1. The molecule has 0 aromatic carbocycles. The monoisotopic (exact) mass is 360 g/mol. The van der Waals surface area contributed by atoms with Crippen LogP contribution < -0.4 is 0 Å². The summed E-state index contributed by atoms with van der Waals surface area (Å²) >= 11 is 1.39. The maximum absolute atomic E-state index is 12.6. The summed E-state index contributed by atoms with van der Waals surface area (Å²) in [4.78, 5) is 11.0. The van der Waals surface area contributed by atoms with Gasteiger partial charge >= 0.3 is 12.1 Å². The second kappa shape index (κ2) is 4.14. The van der Waals surface area contributed by atoms with E-state index in [1.807, 2.05) is 0 Å². The predicted octanol–water partition coefficient (Wildman–Crippen LogP) is 2.61. The molecule has 0 bridgehead atoms. The minimum absolute atomic E-state index is 0.244. The summed E-state index contributed by atoms with van der Waals surface area (Å²) in [5, 5.41) is 12.3. The van der Waals surface area contributed by atoms with Crippen molar-refractivity contribution >= 4 is 28.6 Å². The number of hydrogen-bond acceptors (Lipinski definition) is 2. The molecule has 0 radical (unpaired) electrons. The van der Waals surface area contributed by atoms with Gasteiger partial charge < -0.3 is 5.11 Å². The zero-order valence-electron chi connectivity index (χ0n) is 8.46. The first-order valence-corrected chi connectivity index (χ1v) is 5.95. The van der Waals surface area contributed by atoms with E-state index in [-0.39, 0.29) is 21.7 Å². The van der Waals surface area contributed by atoms with Crippen LogP contribution in [0, 0.1) is 9.49 Å². The minimum Gasteiger partial charge on any atom is -0.476 e. The van der Waals surface area contributed by atoms with Crippen LogP contribution in [0.4, 0.5) is 13.2 Å². The van der Waals surface area contributed by atoms with Crippen molar-refractivity contribution in [3.8, 4) is 0 Å². The Morgan fingerprint density at radius 3 is 2.53 bits per heavy atom. The zero-order chi connectivity index (χ0) is 12.8. The molecule has 8 heteroatoms. The summed E-state index contributed by atoms with van der Waals surface area (Å²) < 4.78 is 38.4. The van der Waals surface area contributed by atoms with E-state index in [2.05, 4.69) is 5.10 Å². The molecule has 1 fully saturated rings. The lowest BCUT2D eigenvalue weighted by atomic mass is 10.3. The van der Waals surface area contributed by atoms with Crippen molar-refractivity contribution < 1.29 is 23.1 Å². The van der Waals surface area contributed by atoms with Crippen LogP contribution in [0.5, 0.6) is 0 Å². The molecule has 1 aliphatic carbocycles. The van der Waals surface area contributed by atoms with Gasteiger partial charge in [0.15, 0.2) is 11.4 Å². The van der Waals surface area contributed by atoms with Gasteiger partial charge in [0.1, 0.15) is 0 Å². The highest BCUT2D eigenvalue weighted by molar-refractivity contribution is 14.1. The molecule has 0 atom stereocenters. The third-order valence-corrected chi connectivity index (χ3v) is 3.52. The molecule has 1 aromatic rings. The summed E-state index contributed by atoms with van der Waals surface area (Å²) in [7, 11) is 0. The van der Waals surface area contributed by atoms with Crippen LogP contribution in [0.1, 0.15) is 29.0 Å². The Bertz CT molecular complexity index is 466. The molecule has 17 heavy (non-hydrogen) atoms. The van der Waals surface area contributed by atoms with Crippen molar-refractivity contribution in [1.29, 1.82) is 0 Å². The maximum Gasteiger partial charge on any atom is 0.436 e. The van der Waals surface area contributed by atoms with Gasteiger partial charge in [0.2, 0.25) is 0 Å². The van der Waals surface area contributed by atoms with E-state index in [1.165, 1.54) is 22.6 Å². The molecule has 0 unspecified atom stereocenters. The van der Waals surface area contributed by atoms with E-state index in [4.69, 9.17) is 5.11 Å². The normalized spacial score (nSPS) is 16.2. The average Bonchev–Trinajstić information content (AvgIpc) is 2.88. The molecule has 4 nitrogen and oxygen atoms in total. The smallest absolute Gasteiger partial charge is 0.436 e. The Labute approximate surface area is 108 Å². The highest BCUT2D eigenvalue weighted by atomic mass is 127. The summed E-state index contributed by atoms with van der Waals surface area (Å²) in [5.74, 6) is -1.12. The van der Waals surface area contributed by atoms with Gasteiger partial charge in [0.25, 0.3) is 0 Å². The number of alkyl halides is 3. The summed E-state index contributed by atoms with van der Waals surface area (Å²) in [6.45, 7) is 0.244. The summed E-state index contributed by atoms with van der Waals surface area (Å²) in [5.41, 5.74) is -1.49. The lowest BCUT2D eigenvalue weighted by Crippen LogP contribution is -2.12. The van der Waals surface area contributed by atoms with Crippen molar-refractivity contribution in [2.24, 2.45) is 5.92 Å². The van der Waals surface area contributed by atoms with Crippen molar-refractivity contribution in [3.63, 3.8) is 0 Å². The molecule has 1 heterocycles. The van der Waals surface area contributed by atoms with Crippen molar-refractivity contribution in [2.45, 2.75) is 25.6 Å². The highest BCUT2D eigenvalue weighted by Gasteiger charge is 2.40. The van der Waals surface area contributed by atoms with Crippen LogP contribution in [0.15, 0.2) is 0 Å². The number of carbonyl (C=O) groups is 1. The number of aromatic carboxylic acids is 1. The van der Waals surface area contributed by atoms with E-state index in [1.54, 1.807) is 0 Å². The van der Waals surface area contributed by atoms with E-state index < -0.39 is 17.8 Å². The number of rotatable bonds is 3. The maximum atomic E-state index is 12.6. The van der Waals surface area contributed by atoms with Crippen LogP contribution in [-0.4, -0.2) is 20.9 Å². The second-order valence-corrected chi connectivity index (χ2v) is 5.02. The Kier molecular flexibility index (Phi) is 3.08. The van der Waals surface area contributed by atoms with Crippen LogP contribution >= 0.6 is 22.6 Å². The van der Waals surface area contributed by atoms with Crippen LogP contribution in [0.25, 0.3) is 0 Å². The van der Waals surface area contributed by atoms with Crippen molar-refractivity contribution in [2.75, 3.05) is 0 Å². The van der Waals surface area contributed by atoms with E-state index in [9.17, 15) is 18.0 Å². The van der Waals surface area contributed by atoms with Gasteiger partial charge in [-0.25, -0.2) is 4.79 Å². The first-order valence-electron chi connectivity index (χ1n) is 4.87. The number of carboxylic acid groups (broad SMARTS) is 1. The predicted molar refractivity (Wildman–Crippen MR) is 59.6 cm³/mol. The standard InChI is InChI=1S/C9H8F3IN2O2/c10-9(11,12)7-5(13)6(8(16)17)15(14-7)3-4-1-2-4/h4H,1-3H2,(H,16,17). The molecule has 1 aromatic heterocycles. The van der Waals surface area contributed by atoms with E-state index in [0.717, 1.165) is 17.5 Å². The summed E-state index contributed by atoms with van der Waals surface area (Å²) in [6, 6.07) is 0. The minimum atomic E-state index is -4.62. The van der Waals surface area contributed by atoms with Gasteiger partial charge in [-0.2, -0.15) is 18.3 Å². The van der Waals surface area contributed by atoms with E-state index >= 15 is 0 Å².